The van der Waals surface area contributed by atoms with Gasteiger partial charge in [-0.1, -0.05) is 23.7 Å². The van der Waals surface area contributed by atoms with Gasteiger partial charge in [-0.25, -0.2) is 4.98 Å². The first-order valence-corrected chi connectivity index (χ1v) is 12.4. The SMILES string of the molecule is Cn1cc(-c2cc3cc(C(=O)NCc4ccc(Cl)cc4)c(=O)n(CC(=O)N4CC(CO)C4)c3nc2N)cn1. The largest absolute Gasteiger partial charge is 0.396 e. The number of hydrogen-bond donors (Lipinski definition) is 3. The van der Waals surface area contributed by atoms with E-state index in [0.717, 1.165) is 11.1 Å². The van der Waals surface area contributed by atoms with Gasteiger partial charge in [0.25, 0.3) is 11.5 Å². The summed E-state index contributed by atoms with van der Waals surface area (Å²) >= 11 is 5.93. The first kappa shape index (κ1) is 25.4. The van der Waals surface area contributed by atoms with Crippen LogP contribution in [-0.2, 0) is 24.9 Å². The summed E-state index contributed by atoms with van der Waals surface area (Å²) in [7, 11) is 1.78. The number of carbonyl (C=O) groups excluding carboxylic acids is 2. The van der Waals surface area contributed by atoms with Crippen LogP contribution in [0.25, 0.3) is 22.2 Å². The molecule has 12 heteroatoms. The van der Waals surface area contributed by atoms with Gasteiger partial charge in [0.15, 0.2) is 0 Å². The van der Waals surface area contributed by atoms with E-state index in [-0.39, 0.29) is 48.5 Å². The van der Waals surface area contributed by atoms with Gasteiger partial charge in [-0.05, 0) is 29.8 Å². The third kappa shape index (κ3) is 4.98. The first-order valence-electron chi connectivity index (χ1n) is 12.0. The number of aliphatic hydroxyl groups excluding tert-OH is 1. The Morgan fingerprint density at radius 3 is 2.61 bits per heavy atom. The lowest BCUT2D eigenvalue weighted by Gasteiger charge is -2.38. The number of aromatic nitrogens is 4. The Balaban J connectivity index is 1.54. The number of aryl methyl sites for hydroxylation is 1. The zero-order valence-corrected chi connectivity index (χ0v) is 21.4. The molecule has 1 aromatic carbocycles. The molecule has 1 fully saturated rings. The van der Waals surface area contributed by atoms with E-state index in [0.29, 0.717) is 29.1 Å². The Kier molecular flexibility index (Phi) is 6.87. The van der Waals surface area contributed by atoms with Crippen LogP contribution in [0.3, 0.4) is 0 Å². The van der Waals surface area contributed by atoms with Crippen molar-refractivity contribution in [3.63, 3.8) is 0 Å². The molecule has 0 spiro atoms. The summed E-state index contributed by atoms with van der Waals surface area (Å²) in [5, 5.41) is 17.3. The van der Waals surface area contributed by atoms with Crippen LogP contribution in [0.5, 0.6) is 0 Å². The maximum Gasteiger partial charge on any atom is 0.265 e. The van der Waals surface area contributed by atoms with Gasteiger partial charge in [-0.2, -0.15) is 5.10 Å². The summed E-state index contributed by atoms with van der Waals surface area (Å²) in [6, 6.07) is 10.2. The van der Waals surface area contributed by atoms with E-state index in [9.17, 15) is 19.5 Å². The van der Waals surface area contributed by atoms with Gasteiger partial charge in [0, 0.05) is 66.9 Å². The lowest BCUT2D eigenvalue weighted by Crippen LogP contribution is -2.53. The van der Waals surface area contributed by atoms with Crippen molar-refractivity contribution >= 4 is 40.3 Å². The highest BCUT2D eigenvalue weighted by Crippen LogP contribution is 2.28. The van der Waals surface area contributed by atoms with Crippen LogP contribution in [0.2, 0.25) is 5.02 Å². The molecule has 2 amide bonds. The van der Waals surface area contributed by atoms with Crippen LogP contribution < -0.4 is 16.6 Å². The predicted molar refractivity (Wildman–Crippen MR) is 142 cm³/mol. The molecule has 4 N–H and O–H groups in total. The van der Waals surface area contributed by atoms with Crippen molar-refractivity contribution < 1.29 is 14.7 Å². The Morgan fingerprint density at radius 2 is 1.95 bits per heavy atom. The number of hydrogen-bond acceptors (Lipinski definition) is 7. The van der Waals surface area contributed by atoms with Crippen LogP contribution >= 0.6 is 11.6 Å². The van der Waals surface area contributed by atoms with Crippen molar-refractivity contribution in [1.82, 2.24) is 29.5 Å². The molecule has 0 radical (unpaired) electrons. The smallest absolute Gasteiger partial charge is 0.265 e. The quantitative estimate of drug-likeness (QED) is 0.324. The number of aliphatic hydroxyl groups is 1. The van der Waals surface area contributed by atoms with Crippen molar-refractivity contribution in [1.29, 1.82) is 0 Å². The fourth-order valence-corrected chi connectivity index (χ4v) is 4.55. The highest BCUT2D eigenvalue weighted by Gasteiger charge is 2.31. The summed E-state index contributed by atoms with van der Waals surface area (Å²) in [4.78, 5) is 45.6. The summed E-state index contributed by atoms with van der Waals surface area (Å²) in [5.74, 6) is -0.714. The number of rotatable bonds is 7. The second kappa shape index (κ2) is 10.3. The molecule has 11 nitrogen and oxygen atoms in total. The first-order chi connectivity index (χ1) is 18.2. The topological polar surface area (TPSA) is 148 Å². The number of nitrogens with two attached hydrogens (primary N) is 1. The van der Waals surface area contributed by atoms with Crippen LogP contribution in [0.1, 0.15) is 15.9 Å². The predicted octanol–water partition coefficient (Wildman–Crippen LogP) is 1.41. The molecule has 3 aromatic heterocycles. The standard InChI is InChI=1S/C26H26ClN7O4/c1-32-12-18(9-30-32)20-6-17-7-21(25(37)29-8-15-2-4-19(27)5-3-15)26(38)34(24(17)31-23(20)28)13-22(36)33-10-16(11-33)14-35/h2-7,9,12,16,35H,8,10-11,13-14H2,1H3,(H2,28,31)(H,29,37). The van der Waals surface area contributed by atoms with E-state index in [1.54, 1.807) is 59.4 Å². The Hall–Kier alpha value is -4.22. The van der Waals surface area contributed by atoms with Gasteiger partial charge in [-0.3, -0.25) is 23.6 Å². The molecule has 0 aliphatic carbocycles. The summed E-state index contributed by atoms with van der Waals surface area (Å²) in [6.07, 6.45) is 3.42. The van der Waals surface area contributed by atoms with Crippen LogP contribution in [0.4, 0.5) is 5.82 Å². The van der Waals surface area contributed by atoms with Crippen molar-refractivity contribution in [3.8, 4) is 11.1 Å². The molecule has 4 heterocycles. The molecule has 38 heavy (non-hydrogen) atoms. The third-order valence-electron chi connectivity index (χ3n) is 6.58. The van der Waals surface area contributed by atoms with Gasteiger partial charge in [0.1, 0.15) is 23.6 Å². The van der Waals surface area contributed by atoms with E-state index in [2.05, 4.69) is 15.4 Å². The summed E-state index contributed by atoms with van der Waals surface area (Å²) in [6.45, 7) is 0.674. The van der Waals surface area contributed by atoms with Gasteiger partial charge in [0.2, 0.25) is 5.91 Å². The maximum absolute atomic E-state index is 13.5. The molecule has 196 valence electrons. The molecule has 0 saturated carbocycles. The highest BCUT2D eigenvalue weighted by molar-refractivity contribution is 6.30. The number of pyridine rings is 2. The fraction of sp³-hybridized carbons (Fsp3) is 0.269. The lowest BCUT2D eigenvalue weighted by molar-refractivity contribution is -0.139. The van der Waals surface area contributed by atoms with Crippen molar-refractivity contribution in [2.75, 3.05) is 25.4 Å². The minimum atomic E-state index is -0.653. The number of nitrogens with one attached hydrogen (secondary N) is 1. The fourth-order valence-electron chi connectivity index (χ4n) is 4.42. The van der Waals surface area contributed by atoms with E-state index in [4.69, 9.17) is 17.3 Å². The zero-order valence-electron chi connectivity index (χ0n) is 20.6. The van der Waals surface area contributed by atoms with Gasteiger partial charge < -0.3 is 21.1 Å². The number of fused-ring (bicyclic) bond motifs is 1. The average molecular weight is 536 g/mol. The normalized spacial score (nSPS) is 13.5. The van der Waals surface area contributed by atoms with Crippen molar-refractivity contribution in [2.45, 2.75) is 13.1 Å². The van der Waals surface area contributed by atoms with E-state index in [1.807, 2.05) is 0 Å². The molecule has 0 unspecified atom stereocenters. The van der Waals surface area contributed by atoms with Gasteiger partial charge in [0.05, 0.1) is 6.20 Å². The second-order valence-electron chi connectivity index (χ2n) is 9.34. The lowest BCUT2D eigenvalue weighted by atomic mass is 10.0. The monoisotopic (exact) mass is 535 g/mol. The molecule has 1 aliphatic heterocycles. The van der Waals surface area contributed by atoms with Gasteiger partial charge in [-0.15, -0.1) is 0 Å². The molecule has 0 atom stereocenters. The molecule has 1 saturated heterocycles. The Labute approximate surface area is 222 Å². The Bertz CT molecular complexity index is 1590. The minimum Gasteiger partial charge on any atom is -0.396 e. The Morgan fingerprint density at radius 1 is 1.21 bits per heavy atom. The third-order valence-corrected chi connectivity index (χ3v) is 6.83. The van der Waals surface area contributed by atoms with Crippen molar-refractivity contribution in [2.24, 2.45) is 13.0 Å². The zero-order chi connectivity index (χ0) is 27.0. The molecule has 5 rings (SSSR count). The number of likely N-dealkylation sites (tertiary alicyclic amines) is 1. The molecule has 4 aromatic rings. The number of nitrogens with zero attached hydrogens (tertiary/aromatic N) is 5. The van der Waals surface area contributed by atoms with E-state index in [1.165, 1.54) is 10.6 Å². The van der Waals surface area contributed by atoms with E-state index < -0.39 is 11.5 Å². The summed E-state index contributed by atoms with van der Waals surface area (Å²) < 4.78 is 2.81. The number of nitrogen functional groups attached to an aromatic ring is 1. The van der Waals surface area contributed by atoms with Gasteiger partial charge >= 0.3 is 0 Å². The second-order valence-corrected chi connectivity index (χ2v) is 9.78. The number of amides is 2. The molecule has 0 bridgehead atoms. The maximum atomic E-state index is 13.5. The number of anilines is 1. The number of halogens is 1. The van der Waals surface area contributed by atoms with Crippen LogP contribution in [0, 0.1) is 5.92 Å². The van der Waals surface area contributed by atoms with Crippen molar-refractivity contribution in [3.05, 3.63) is 75.3 Å². The molecular formula is C26H26ClN7O4. The van der Waals surface area contributed by atoms with Crippen LogP contribution in [0.15, 0.2) is 53.6 Å². The van der Waals surface area contributed by atoms with Crippen LogP contribution in [-0.4, -0.2) is 60.8 Å². The number of benzene rings is 1. The number of carbonyl (C=O) groups is 2. The van der Waals surface area contributed by atoms with E-state index >= 15 is 0 Å². The minimum absolute atomic E-state index is 0.00879. The molecular weight excluding hydrogens is 510 g/mol. The molecule has 1 aliphatic rings. The summed E-state index contributed by atoms with van der Waals surface area (Å²) in [5.41, 5.74) is 7.79. The average Bonchev–Trinajstić information content (AvgIpc) is 3.30. The highest BCUT2D eigenvalue weighted by atomic mass is 35.5.